The first-order valence-corrected chi connectivity index (χ1v) is 7.47. The molecule has 1 aromatic carbocycles. The van der Waals surface area contributed by atoms with Crippen molar-refractivity contribution in [1.82, 2.24) is 0 Å². The molecule has 0 bridgehead atoms. The molecule has 1 aliphatic carbocycles. The van der Waals surface area contributed by atoms with E-state index in [1.54, 1.807) is 0 Å². The van der Waals surface area contributed by atoms with Crippen LogP contribution in [0.5, 0.6) is 0 Å². The maximum atomic E-state index is 3.56. The van der Waals surface area contributed by atoms with Gasteiger partial charge in [-0.2, -0.15) is 0 Å². The van der Waals surface area contributed by atoms with E-state index >= 15 is 0 Å². The molecule has 2 heteroatoms. The fraction of sp³-hybridized carbons (Fsp3) is 0.625. The van der Waals surface area contributed by atoms with Gasteiger partial charge in [-0.3, -0.25) is 0 Å². The number of nitrogens with zero attached hydrogens (tertiary/aromatic N) is 1. The Morgan fingerprint density at radius 2 is 1.78 bits per heavy atom. The first-order chi connectivity index (χ1) is 8.86. The molecular weight excluding hydrogens is 220 g/mol. The lowest BCUT2D eigenvalue weighted by Crippen LogP contribution is -2.48. The lowest BCUT2D eigenvalue weighted by Gasteiger charge is -2.43. The van der Waals surface area contributed by atoms with Crippen molar-refractivity contribution in [2.24, 2.45) is 0 Å². The van der Waals surface area contributed by atoms with Crippen LogP contribution in [0.4, 0.5) is 11.4 Å². The van der Waals surface area contributed by atoms with Crippen LogP contribution in [0.3, 0.4) is 0 Å². The standard InChI is InChI=1S/C16H24N2/c1-13-12-17-15-10-6-7-11-16(15)18(13)14-8-4-2-3-5-9-14/h6-7,10-11,13-14,17H,2-5,8-9,12H2,1H3. The van der Waals surface area contributed by atoms with Crippen molar-refractivity contribution < 1.29 is 0 Å². The summed E-state index contributed by atoms with van der Waals surface area (Å²) in [5, 5.41) is 3.56. The summed E-state index contributed by atoms with van der Waals surface area (Å²) >= 11 is 0. The molecular formula is C16H24N2. The molecule has 1 saturated carbocycles. The molecule has 0 amide bonds. The van der Waals surface area contributed by atoms with E-state index in [0.717, 1.165) is 12.6 Å². The highest BCUT2D eigenvalue weighted by Gasteiger charge is 2.29. The molecule has 98 valence electrons. The summed E-state index contributed by atoms with van der Waals surface area (Å²) in [5.74, 6) is 0. The van der Waals surface area contributed by atoms with Crippen molar-refractivity contribution >= 4 is 11.4 Å². The molecule has 1 aromatic rings. The fourth-order valence-electron chi connectivity index (χ4n) is 3.53. The first kappa shape index (κ1) is 11.9. The monoisotopic (exact) mass is 244 g/mol. The summed E-state index contributed by atoms with van der Waals surface area (Å²) in [7, 11) is 0. The van der Waals surface area contributed by atoms with Gasteiger partial charge in [0.25, 0.3) is 0 Å². The van der Waals surface area contributed by atoms with Gasteiger partial charge in [0, 0.05) is 18.6 Å². The molecule has 2 aliphatic rings. The van der Waals surface area contributed by atoms with Gasteiger partial charge in [0.15, 0.2) is 0 Å². The molecule has 1 atom stereocenters. The Bertz CT molecular complexity index is 394. The van der Waals surface area contributed by atoms with Crippen molar-refractivity contribution in [3.05, 3.63) is 24.3 Å². The van der Waals surface area contributed by atoms with Crippen molar-refractivity contribution in [1.29, 1.82) is 0 Å². The van der Waals surface area contributed by atoms with Crippen molar-refractivity contribution in [3.8, 4) is 0 Å². The molecule has 1 N–H and O–H groups in total. The Labute approximate surface area is 110 Å². The molecule has 1 unspecified atom stereocenters. The highest BCUT2D eigenvalue weighted by molar-refractivity contribution is 5.73. The van der Waals surface area contributed by atoms with E-state index in [0.29, 0.717) is 6.04 Å². The highest BCUT2D eigenvalue weighted by atomic mass is 15.2. The van der Waals surface area contributed by atoms with Gasteiger partial charge in [0.2, 0.25) is 0 Å². The Morgan fingerprint density at radius 3 is 2.56 bits per heavy atom. The minimum absolute atomic E-state index is 0.614. The van der Waals surface area contributed by atoms with E-state index in [1.807, 2.05) is 0 Å². The van der Waals surface area contributed by atoms with Crippen LogP contribution in [0.1, 0.15) is 45.4 Å². The lowest BCUT2D eigenvalue weighted by atomic mass is 10.0. The maximum Gasteiger partial charge on any atom is 0.0607 e. The molecule has 0 aromatic heterocycles. The predicted molar refractivity (Wildman–Crippen MR) is 78.4 cm³/mol. The fourth-order valence-corrected chi connectivity index (χ4v) is 3.53. The Kier molecular flexibility index (Phi) is 3.44. The molecule has 2 nitrogen and oxygen atoms in total. The molecule has 1 heterocycles. The number of rotatable bonds is 1. The van der Waals surface area contributed by atoms with Crippen LogP contribution in [-0.4, -0.2) is 18.6 Å². The predicted octanol–water partition coefficient (Wildman–Crippen LogP) is 4.03. The van der Waals surface area contributed by atoms with E-state index in [9.17, 15) is 0 Å². The summed E-state index contributed by atoms with van der Waals surface area (Å²) in [5.41, 5.74) is 2.74. The summed E-state index contributed by atoms with van der Waals surface area (Å²) in [6, 6.07) is 10.2. The van der Waals surface area contributed by atoms with Crippen molar-refractivity contribution in [2.45, 2.75) is 57.5 Å². The normalized spacial score (nSPS) is 25.2. The zero-order valence-corrected chi connectivity index (χ0v) is 11.4. The van der Waals surface area contributed by atoms with Gasteiger partial charge in [-0.1, -0.05) is 37.8 Å². The summed E-state index contributed by atoms with van der Waals surface area (Å²) < 4.78 is 0. The Hall–Kier alpha value is -1.18. The minimum atomic E-state index is 0.614. The molecule has 1 aliphatic heterocycles. The van der Waals surface area contributed by atoms with Crippen LogP contribution in [0, 0.1) is 0 Å². The Morgan fingerprint density at radius 1 is 1.06 bits per heavy atom. The molecule has 0 spiro atoms. The van der Waals surface area contributed by atoms with Crippen LogP contribution in [-0.2, 0) is 0 Å². The Balaban J connectivity index is 1.89. The second-order valence-corrected chi connectivity index (χ2v) is 5.80. The zero-order chi connectivity index (χ0) is 12.4. The van der Waals surface area contributed by atoms with Gasteiger partial charge < -0.3 is 10.2 Å². The lowest BCUT2D eigenvalue weighted by molar-refractivity contribution is 0.478. The smallest absolute Gasteiger partial charge is 0.0607 e. The largest absolute Gasteiger partial charge is 0.381 e. The number of benzene rings is 1. The average Bonchev–Trinajstić information content (AvgIpc) is 2.67. The first-order valence-electron chi connectivity index (χ1n) is 7.47. The van der Waals surface area contributed by atoms with Gasteiger partial charge in [0.05, 0.1) is 11.4 Å². The van der Waals surface area contributed by atoms with E-state index in [-0.39, 0.29) is 0 Å². The number of fused-ring (bicyclic) bond motifs is 1. The van der Waals surface area contributed by atoms with E-state index in [4.69, 9.17) is 0 Å². The van der Waals surface area contributed by atoms with E-state index < -0.39 is 0 Å². The van der Waals surface area contributed by atoms with Crippen molar-refractivity contribution in [3.63, 3.8) is 0 Å². The SMILES string of the molecule is CC1CNc2ccccc2N1C1CCCCCC1. The molecule has 0 saturated heterocycles. The third-order valence-electron chi connectivity index (χ3n) is 4.46. The number of para-hydroxylation sites is 2. The van der Waals surface area contributed by atoms with Gasteiger partial charge in [-0.05, 0) is 31.9 Å². The van der Waals surface area contributed by atoms with Gasteiger partial charge in [-0.25, -0.2) is 0 Å². The molecule has 3 rings (SSSR count). The molecule has 0 radical (unpaired) electrons. The van der Waals surface area contributed by atoms with Crippen LogP contribution in [0.2, 0.25) is 0 Å². The zero-order valence-electron chi connectivity index (χ0n) is 11.4. The van der Waals surface area contributed by atoms with E-state index in [2.05, 4.69) is 41.4 Å². The minimum Gasteiger partial charge on any atom is -0.381 e. The van der Waals surface area contributed by atoms with Crippen LogP contribution in [0.25, 0.3) is 0 Å². The second-order valence-electron chi connectivity index (χ2n) is 5.80. The number of hydrogen-bond donors (Lipinski definition) is 1. The number of anilines is 2. The quantitative estimate of drug-likeness (QED) is 0.750. The third-order valence-corrected chi connectivity index (χ3v) is 4.46. The van der Waals surface area contributed by atoms with Crippen LogP contribution in [0.15, 0.2) is 24.3 Å². The second kappa shape index (κ2) is 5.21. The summed E-state index contributed by atoms with van der Waals surface area (Å²) in [4.78, 5) is 2.69. The summed E-state index contributed by atoms with van der Waals surface area (Å²) in [6.07, 6.45) is 8.42. The van der Waals surface area contributed by atoms with Crippen LogP contribution >= 0.6 is 0 Å². The summed E-state index contributed by atoms with van der Waals surface area (Å²) in [6.45, 7) is 3.43. The topological polar surface area (TPSA) is 15.3 Å². The maximum absolute atomic E-state index is 3.56. The number of hydrogen-bond acceptors (Lipinski definition) is 2. The number of nitrogens with one attached hydrogen (secondary N) is 1. The van der Waals surface area contributed by atoms with Gasteiger partial charge in [-0.15, -0.1) is 0 Å². The van der Waals surface area contributed by atoms with E-state index in [1.165, 1.54) is 49.9 Å². The molecule has 18 heavy (non-hydrogen) atoms. The van der Waals surface area contributed by atoms with Crippen LogP contribution < -0.4 is 10.2 Å². The molecule has 1 fully saturated rings. The third kappa shape index (κ3) is 2.21. The highest BCUT2D eigenvalue weighted by Crippen LogP contribution is 2.36. The van der Waals surface area contributed by atoms with Crippen molar-refractivity contribution in [2.75, 3.05) is 16.8 Å². The average molecular weight is 244 g/mol. The van der Waals surface area contributed by atoms with Gasteiger partial charge in [0.1, 0.15) is 0 Å². The van der Waals surface area contributed by atoms with Gasteiger partial charge >= 0.3 is 0 Å².